The summed E-state index contributed by atoms with van der Waals surface area (Å²) in [5.74, 6) is 0.932. The van der Waals surface area contributed by atoms with Gasteiger partial charge in [0.25, 0.3) is 0 Å². The molecule has 5 heteroatoms. The molecule has 5 nitrogen and oxygen atoms in total. The summed E-state index contributed by atoms with van der Waals surface area (Å²) in [7, 11) is 1.64. The highest BCUT2D eigenvalue weighted by atomic mass is 16.5. The Kier molecular flexibility index (Phi) is 4.12. The lowest BCUT2D eigenvalue weighted by molar-refractivity contribution is -0.130. The van der Waals surface area contributed by atoms with Gasteiger partial charge in [0.15, 0.2) is 0 Å². The second kappa shape index (κ2) is 6.03. The molecule has 3 atom stereocenters. The van der Waals surface area contributed by atoms with Crippen LogP contribution in [0.4, 0.5) is 0 Å². The predicted octanol–water partition coefficient (Wildman–Crippen LogP) is 1.47. The van der Waals surface area contributed by atoms with Crippen molar-refractivity contribution in [2.75, 3.05) is 20.3 Å². The number of amides is 1. The molecule has 2 saturated heterocycles. The number of ether oxygens (including phenoxy) is 2. The first-order valence-corrected chi connectivity index (χ1v) is 7.49. The summed E-state index contributed by atoms with van der Waals surface area (Å²) in [6.07, 6.45) is 2.66. The minimum Gasteiger partial charge on any atom is -0.497 e. The molecular formula is C16H22N2O3. The topological polar surface area (TPSA) is 64.8 Å². The maximum absolute atomic E-state index is 12.2. The van der Waals surface area contributed by atoms with Gasteiger partial charge in [-0.15, -0.1) is 0 Å². The Bertz CT molecular complexity index is 497. The third kappa shape index (κ3) is 2.89. The standard InChI is InChI=1S/C16H22N2O3/c1-20-12-6-4-11(5-7-12)16-14(17)9-15(19)18(16)10-13-3-2-8-21-13/h4-7,13-14,16H,2-3,8-10,17H2,1H3. The van der Waals surface area contributed by atoms with E-state index in [-0.39, 0.29) is 24.1 Å². The average molecular weight is 290 g/mol. The molecule has 2 fully saturated rings. The van der Waals surface area contributed by atoms with Gasteiger partial charge in [-0.05, 0) is 30.5 Å². The maximum Gasteiger partial charge on any atom is 0.224 e. The molecule has 0 saturated carbocycles. The van der Waals surface area contributed by atoms with Gasteiger partial charge < -0.3 is 20.1 Å². The van der Waals surface area contributed by atoms with Gasteiger partial charge in [-0.3, -0.25) is 4.79 Å². The molecule has 0 bridgehead atoms. The molecule has 0 aromatic heterocycles. The van der Waals surface area contributed by atoms with Crippen LogP contribution in [-0.4, -0.2) is 43.2 Å². The number of hydrogen-bond donors (Lipinski definition) is 1. The summed E-state index contributed by atoms with van der Waals surface area (Å²) in [4.78, 5) is 14.1. The van der Waals surface area contributed by atoms with E-state index >= 15 is 0 Å². The van der Waals surface area contributed by atoms with E-state index in [2.05, 4.69) is 0 Å². The van der Waals surface area contributed by atoms with Crippen molar-refractivity contribution >= 4 is 5.91 Å². The van der Waals surface area contributed by atoms with Gasteiger partial charge in [0, 0.05) is 25.6 Å². The highest BCUT2D eigenvalue weighted by Crippen LogP contribution is 2.34. The third-order valence-corrected chi connectivity index (χ3v) is 4.35. The molecular weight excluding hydrogens is 268 g/mol. The van der Waals surface area contributed by atoms with Crippen LogP contribution in [0.25, 0.3) is 0 Å². The lowest BCUT2D eigenvalue weighted by Gasteiger charge is -2.29. The van der Waals surface area contributed by atoms with Crippen molar-refractivity contribution in [1.82, 2.24) is 4.90 Å². The van der Waals surface area contributed by atoms with Gasteiger partial charge in [0.2, 0.25) is 5.91 Å². The van der Waals surface area contributed by atoms with Crippen LogP contribution >= 0.6 is 0 Å². The van der Waals surface area contributed by atoms with Crippen molar-refractivity contribution in [3.8, 4) is 5.75 Å². The summed E-state index contributed by atoms with van der Waals surface area (Å²) in [5.41, 5.74) is 7.26. The minimum absolute atomic E-state index is 0.0624. The molecule has 0 spiro atoms. The van der Waals surface area contributed by atoms with Crippen LogP contribution in [0, 0.1) is 0 Å². The number of likely N-dealkylation sites (tertiary alicyclic amines) is 1. The molecule has 2 aliphatic rings. The number of nitrogens with zero attached hydrogens (tertiary/aromatic N) is 1. The first-order valence-electron chi connectivity index (χ1n) is 7.49. The average Bonchev–Trinajstić information content (AvgIpc) is 3.09. The van der Waals surface area contributed by atoms with Crippen LogP contribution in [0.5, 0.6) is 5.75 Å². The lowest BCUT2D eigenvalue weighted by Crippen LogP contribution is -2.38. The van der Waals surface area contributed by atoms with Crippen LogP contribution in [0.3, 0.4) is 0 Å². The van der Waals surface area contributed by atoms with Crippen LogP contribution in [0.1, 0.15) is 30.9 Å². The SMILES string of the molecule is COc1ccc(C2C(N)CC(=O)N2CC2CCCO2)cc1. The molecule has 2 aliphatic heterocycles. The summed E-state index contributed by atoms with van der Waals surface area (Å²) < 4.78 is 10.8. The number of nitrogens with two attached hydrogens (primary N) is 1. The smallest absolute Gasteiger partial charge is 0.224 e. The Labute approximate surface area is 125 Å². The highest BCUT2D eigenvalue weighted by Gasteiger charge is 2.40. The van der Waals surface area contributed by atoms with E-state index in [9.17, 15) is 4.79 Å². The van der Waals surface area contributed by atoms with Crippen LogP contribution in [-0.2, 0) is 9.53 Å². The van der Waals surface area contributed by atoms with E-state index in [0.717, 1.165) is 30.8 Å². The number of carbonyl (C=O) groups excluding carboxylic acids is 1. The lowest BCUT2D eigenvalue weighted by atomic mass is 10.0. The second-order valence-corrected chi connectivity index (χ2v) is 5.77. The van der Waals surface area contributed by atoms with Crippen molar-refractivity contribution in [2.45, 2.75) is 37.5 Å². The van der Waals surface area contributed by atoms with Gasteiger partial charge >= 0.3 is 0 Å². The summed E-state index contributed by atoms with van der Waals surface area (Å²) in [6.45, 7) is 1.44. The fourth-order valence-corrected chi connectivity index (χ4v) is 3.27. The van der Waals surface area contributed by atoms with Crippen molar-refractivity contribution in [3.05, 3.63) is 29.8 Å². The van der Waals surface area contributed by atoms with Crippen LogP contribution in [0.2, 0.25) is 0 Å². The second-order valence-electron chi connectivity index (χ2n) is 5.77. The first-order chi connectivity index (χ1) is 10.2. The Hall–Kier alpha value is -1.59. The van der Waals surface area contributed by atoms with E-state index < -0.39 is 0 Å². The molecule has 21 heavy (non-hydrogen) atoms. The zero-order valence-corrected chi connectivity index (χ0v) is 12.3. The molecule has 2 N–H and O–H groups in total. The number of hydrogen-bond acceptors (Lipinski definition) is 4. The zero-order chi connectivity index (χ0) is 14.8. The number of methoxy groups -OCH3 is 1. The van der Waals surface area contributed by atoms with Gasteiger partial charge in [-0.2, -0.15) is 0 Å². The van der Waals surface area contributed by atoms with Crippen LogP contribution < -0.4 is 10.5 Å². The van der Waals surface area contributed by atoms with E-state index in [1.807, 2.05) is 29.2 Å². The molecule has 1 amide bonds. The van der Waals surface area contributed by atoms with E-state index in [0.29, 0.717) is 13.0 Å². The predicted molar refractivity (Wildman–Crippen MR) is 79.0 cm³/mol. The number of rotatable bonds is 4. The zero-order valence-electron chi connectivity index (χ0n) is 12.3. The van der Waals surface area contributed by atoms with Crippen molar-refractivity contribution in [2.24, 2.45) is 5.73 Å². The molecule has 3 rings (SSSR count). The van der Waals surface area contributed by atoms with E-state index in [4.69, 9.17) is 15.2 Å². The monoisotopic (exact) mass is 290 g/mol. The van der Waals surface area contributed by atoms with Crippen LogP contribution in [0.15, 0.2) is 24.3 Å². The minimum atomic E-state index is -0.160. The van der Waals surface area contributed by atoms with Gasteiger partial charge in [-0.1, -0.05) is 12.1 Å². The molecule has 0 aliphatic carbocycles. The van der Waals surface area contributed by atoms with Gasteiger partial charge in [0.1, 0.15) is 5.75 Å². The summed E-state index contributed by atoms with van der Waals surface area (Å²) in [6, 6.07) is 7.58. The molecule has 1 aromatic rings. The van der Waals surface area contributed by atoms with E-state index in [1.54, 1.807) is 7.11 Å². The number of carbonyl (C=O) groups is 1. The molecule has 114 valence electrons. The largest absolute Gasteiger partial charge is 0.497 e. The van der Waals surface area contributed by atoms with Gasteiger partial charge in [0.05, 0.1) is 19.3 Å². The molecule has 3 unspecified atom stereocenters. The molecule has 0 radical (unpaired) electrons. The first kappa shape index (κ1) is 14.4. The Balaban J connectivity index is 1.80. The number of benzene rings is 1. The van der Waals surface area contributed by atoms with Crippen molar-refractivity contribution in [1.29, 1.82) is 0 Å². The Morgan fingerprint density at radius 1 is 1.38 bits per heavy atom. The van der Waals surface area contributed by atoms with Gasteiger partial charge in [-0.25, -0.2) is 0 Å². The highest BCUT2D eigenvalue weighted by molar-refractivity contribution is 5.80. The van der Waals surface area contributed by atoms with E-state index in [1.165, 1.54) is 0 Å². The normalized spacial score (nSPS) is 29.1. The third-order valence-electron chi connectivity index (χ3n) is 4.35. The quantitative estimate of drug-likeness (QED) is 0.912. The molecule has 1 aromatic carbocycles. The summed E-state index contributed by atoms with van der Waals surface area (Å²) >= 11 is 0. The maximum atomic E-state index is 12.2. The Morgan fingerprint density at radius 3 is 2.76 bits per heavy atom. The molecule has 2 heterocycles. The summed E-state index contributed by atoms with van der Waals surface area (Å²) in [5, 5.41) is 0. The Morgan fingerprint density at radius 2 is 2.14 bits per heavy atom. The van der Waals surface area contributed by atoms with Crippen molar-refractivity contribution < 1.29 is 14.3 Å². The fraction of sp³-hybridized carbons (Fsp3) is 0.562. The fourth-order valence-electron chi connectivity index (χ4n) is 3.27. The van der Waals surface area contributed by atoms with Crippen molar-refractivity contribution in [3.63, 3.8) is 0 Å².